The van der Waals surface area contributed by atoms with Crippen molar-refractivity contribution in [1.29, 1.82) is 0 Å². The number of primary amides is 1. The van der Waals surface area contributed by atoms with E-state index in [9.17, 15) is 14.7 Å². The first-order valence-electron chi connectivity index (χ1n) is 6.37. The summed E-state index contributed by atoms with van der Waals surface area (Å²) in [5, 5.41) is 9.56. The van der Waals surface area contributed by atoms with Crippen LogP contribution in [0.4, 0.5) is 0 Å². The molecule has 0 aromatic heterocycles. The molecule has 1 aliphatic carbocycles. The molecule has 2 atom stereocenters. The minimum absolute atomic E-state index is 0.00468. The zero-order valence-electron chi connectivity index (χ0n) is 9.97. The van der Waals surface area contributed by atoms with Gasteiger partial charge in [-0.2, -0.15) is 0 Å². The van der Waals surface area contributed by atoms with Gasteiger partial charge >= 0.3 is 0 Å². The van der Waals surface area contributed by atoms with Crippen molar-refractivity contribution in [3.63, 3.8) is 0 Å². The SMILES string of the molecule is NC(=O)[C@@H]1C[C@@H](O)CN1C(=O)C1CCCCC1. The monoisotopic (exact) mass is 240 g/mol. The molecule has 1 heterocycles. The average molecular weight is 240 g/mol. The number of carbonyl (C=O) groups is 2. The fourth-order valence-electron chi connectivity index (χ4n) is 2.91. The Morgan fingerprint density at radius 1 is 1.18 bits per heavy atom. The number of nitrogens with zero attached hydrogens (tertiary/aromatic N) is 1. The van der Waals surface area contributed by atoms with Gasteiger partial charge in [-0.25, -0.2) is 0 Å². The molecule has 2 aliphatic rings. The van der Waals surface area contributed by atoms with Crippen molar-refractivity contribution in [3.8, 4) is 0 Å². The largest absolute Gasteiger partial charge is 0.391 e. The van der Waals surface area contributed by atoms with Crippen molar-refractivity contribution >= 4 is 11.8 Å². The van der Waals surface area contributed by atoms with Gasteiger partial charge in [0.25, 0.3) is 0 Å². The molecular weight excluding hydrogens is 220 g/mol. The predicted octanol–water partition coefficient (Wildman–Crippen LogP) is 0.0138. The van der Waals surface area contributed by atoms with Gasteiger partial charge < -0.3 is 15.7 Å². The number of amides is 2. The van der Waals surface area contributed by atoms with Gasteiger partial charge in [0.05, 0.1) is 6.10 Å². The molecule has 0 aromatic rings. The van der Waals surface area contributed by atoms with Crippen LogP contribution in [0.1, 0.15) is 38.5 Å². The lowest BCUT2D eigenvalue weighted by atomic mass is 9.88. The molecule has 0 radical (unpaired) electrons. The summed E-state index contributed by atoms with van der Waals surface area (Å²) in [6.07, 6.45) is 4.81. The van der Waals surface area contributed by atoms with E-state index < -0.39 is 18.1 Å². The number of carbonyl (C=O) groups excluding carboxylic acids is 2. The maximum Gasteiger partial charge on any atom is 0.240 e. The van der Waals surface area contributed by atoms with Crippen molar-refractivity contribution < 1.29 is 14.7 Å². The molecule has 1 saturated heterocycles. The van der Waals surface area contributed by atoms with E-state index in [1.165, 1.54) is 11.3 Å². The second-order valence-electron chi connectivity index (χ2n) is 5.13. The van der Waals surface area contributed by atoms with Crippen LogP contribution in [0.15, 0.2) is 0 Å². The zero-order chi connectivity index (χ0) is 12.4. The number of aliphatic hydroxyl groups excluding tert-OH is 1. The number of aliphatic hydroxyl groups is 1. The third-order valence-corrected chi connectivity index (χ3v) is 3.84. The summed E-state index contributed by atoms with van der Waals surface area (Å²) in [7, 11) is 0. The van der Waals surface area contributed by atoms with Crippen LogP contribution in [0, 0.1) is 5.92 Å². The quantitative estimate of drug-likeness (QED) is 0.713. The zero-order valence-corrected chi connectivity index (χ0v) is 9.97. The van der Waals surface area contributed by atoms with Crippen molar-refractivity contribution in [2.45, 2.75) is 50.7 Å². The highest BCUT2D eigenvalue weighted by atomic mass is 16.3. The standard InChI is InChI=1S/C12H20N2O3/c13-11(16)10-6-9(15)7-14(10)12(17)8-4-2-1-3-5-8/h8-10,15H,1-7H2,(H2,13,16)/t9-,10+/m1/s1. The molecule has 0 spiro atoms. The van der Waals surface area contributed by atoms with Gasteiger partial charge in [0.1, 0.15) is 6.04 Å². The smallest absolute Gasteiger partial charge is 0.240 e. The van der Waals surface area contributed by atoms with Crippen LogP contribution < -0.4 is 5.73 Å². The highest BCUT2D eigenvalue weighted by molar-refractivity contribution is 5.88. The Balaban J connectivity index is 2.04. The number of likely N-dealkylation sites (tertiary alicyclic amines) is 1. The van der Waals surface area contributed by atoms with E-state index in [4.69, 9.17) is 5.73 Å². The van der Waals surface area contributed by atoms with Crippen LogP contribution in [0.2, 0.25) is 0 Å². The molecule has 0 bridgehead atoms. The second-order valence-corrected chi connectivity index (χ2v) is 5.13. The number of hydrogen-bond acceptors (Lipinski definition) is 3. The minimum Gasteiger partial charge on any atom is -0.391 e. The number of β-amino-alcohol motifs (C(OH)–C–C–N with tert-alkyl or cyclic N) is 1. The molecule has 3 N–H and O–H groups in total. The lowest BCUT2D eigenvalue weighted by molar-refractivity contribution is -0.141. The van der Waals surface area contributed by atoms with Crippen LogP contribution in [-0.2, 0) is 9.59 Å². The highest BCUT2D eigenvalue weighted by Crippen LogP contribution is 2.28. The van der Waals surface area contributed by atoms with Crippen molar-refractivity contribution in [2.24, 2.45) is 11.7 Å². The Morgan fingerprint density at radius 2 is 1.82 bits per heavy atom. The molecule has 2 rings (SSSR count). The van der Waals surface area contributed by atoms with E-state index >= 15 is 0 Å². The van der Waals surface area contributed by atoms with Gasteiger partial charge in [-0.1, -0.05) is 19.3 Å². The van der Waals surface area contributed by atoms with Crippen molar-refractivity contribution in [1.82, 2.24) is 4.90 Å². The maximum atomic E-state index is 12.3. The van der Waals surface area contributed by atoms with Gasteiger partial charge in [-0.3, -0.25) is 9.59 Å². The van der Waals surface area contributed by atoms with Crippen molar-refractivity contribution in [3.05, 3.63) is 0 Å². The molecule has 17 heavy (non-hydrogen) atoms. The van der Waals surface area contributed by atoms with Crippen LogP contribution in [0.25, 0.3) is 0 Å². The fraction of sp³-hybridized carbons (Fsp3) is 0.833. The van der Waals surface area contributed by atoms with E-state index in [1.54, 1.807) is 0 Å². The van der Waals surface area contributed by atoms with Gasteiger partial charge in [-0.05, 0) is 12.8 Å². The Hall–Kier alpha value is -1.10. The molecular formula is C12H20N2O3. The third kappa shape index (κ3) is 2.60. The lowest BCUT2D eigenvalue weighted by Crippen LogP contribution is -2.46. The van der Waals surface area contributed by atoms with Crippen LogP contribution in [0.5, 0.6) is 0 Å². The maximum absolute atomic E-state index is 12.3. The average Bonchev–Trinajstić information content (AvgIpc) is 2.72. The number of nitrogens with two attached hydrogens (primary N) is 1. The van der Waals surface area contributed by atoms with Crippen LogP contribution in [-0.4, -0.2) is 40.5 Å². The molecule has 1 aliphatic heterocycles. The third-order valence-electron chi connectivity index (χ3n) is 3.84. The summed E-state index contributed by atoms with van der Waals surface area (Å²) in [6.45, 7) is 0.253. The summed E-state index contributed by atoms with van der Waals surface area (Å²) in [5.74, 6) is -0.480. The topological polar surface area (TPSA) is 83.6 Å². The summed E-state index contributed by atoms with van der Waals surface area (Å²) < 4.78 is 0. The van der Waals surface area contributed by atoms with E-state index in [1.807, 2.05) is 0 Å². The number of hydrogen-bond donors (Lipinski definition) is 2. The summed E-state index contributed by atoms with van der Waals surface area (Å²) >= 11 is 0. The molecule has 5 heteroatoms. The van der Waals surface area contributed by atoms with Gasteiger partial charge in [0.15, 0.2) is 0 Å². The first-order valence-corrected chi connectivity index (χ1v) is 6.37. The highest BCUT2D eigenvalue weighted by Gasteiger charge is 2.40. The fourth-order valence-corrected chi connectivity index (χ4v) is 2.91. The Labute approximate surface area is 101 Å². The molecule has 2 amide bonds. The Kier molecular flexibility index (Phi) is 3.66. The van der Waals surface area contributed by atoms with Crippen molar-refractivity contribution in [2.75, 3.05) is 6.54 Å². The molecule has 0 unspecified atom stereocenters. The first-order chi connectivity index (χ1) is 8.09. The van der Waals surface area contributed by atoms with E-state index in [-0.39, 0.29) is 24.8 Å². The van der Waals surface area contributed by atoms with E-state index in [0.717, 1.165) is 25.7 Å². The normalized spacial score (nSPS) is 30.5. The van der Waals surface area contributed by atoms with Gasteiger partial charge in [0, 0.05) is 18.9 Å². The molecule has 96 valence electrons. The molecule has 0 aromatic carbocycles. The first kappa shape index (κ1) is 12.4. The van der Waals surface area contributed by atoms with Gasteiger partial charge in [0.2, 0.25) is 11.8 Å². The van der Waals surface area contributed by atoms with Gasteiger partial charge in [-0.15, -0.1) is 0 Å². The van der Waals surface area contributed by atoms with E-state index in [2.05, 4.69) is 0 Å². The Morgan fingerprint density at radius 3 is 2.41 bits per heavy atom. The summed E-state index contributed by atoms with van der Waals surface area (Å²) in [5.41, 5.74) is 5.27. The van der Waals surface area contributed by atoms with Crippen LogP contribution >= 0.6 is 0 Å². The minimum atomic E-state index is -0.612. The number of rotatable bonds is 2. The second kappa shape index (κ2) is 5.04. The summed E-state index contributed by atoms with van der Waals surface area (Å²) in [6, 6.07) is -0.612. The van der Waals surface area contributed by atoms with Crippen LogP contribution in [0.3, 0.4) is 0 Å². The molecule has 2 fully saturated rings. The molecule has 5 nitrogen and oxygen atoms in total. The van der Waals surface area contributed by atoms with E-state index in [0.29, 0.717) is 0 Å². The molecule has 1 saturated carbocycles. The lowest BCUT2D eigenvalue weighted by Gasteiger charge is -2.29. The predicted molar refractivity (Wildman–Crippen MR) is 61.9 cm³/mol. The summed E-state index contributed by atoms with van der Waals surface area (Å²) in [4.78, 5) is 25.0. The Bertz CT molecular complexity index is 313.